The van der Waals surface area contributed by atoms with E-state index in [0.717, 1.165) is 24.8 Å². The summed E-state index contributed by atoms with van der Waals surface area (Å²) >= 11 is 0. The molecule has 22 heavy (non-hydrogen) atoms. The summed E-state index contributed by atoms with van der Waals surface area (Å²) in [6, 6.07) is 7.17. The fourth-order valence-corrected chi connectivity index (χ4v) is 3.28. The maximum absolute atomic E-state index is 5.35. The Balaban J connectivity index is 0.00000121. The maximum Gasteiger partial charge on any atom is 0.119 e. The minimum absolute atomic E-state index is 0. The molecule has 1 aromatic rings. The number of hydrogen-bond donors (Lipinski definition) is 1. The van der Waals surface area contributed by atoms with Crippen LogP contribution < -0.4 is 10.1 Å². The van der Waals surface area contributed by atoms with Crippen molar-refractivity contribution in [2.45, 2.75) is 32.2 Å². The Morgan fingerprint density at radius 2 is 1.91 bits per heavy atom. The van der Waals surface area contributed by atoms with Gasteiger partial charge in [0.05, 0.1) is 7.11 Å². The lowest BCUT2D eigenvalue weighted by Crippen LogP contribution is -2.45. The second-order valence-corrected chi connectivity index (χ2v) is 6.20. The fraction of sp³-hybridized carbons (Fsp3) is 0.647. The van der Waals surface area contributed by atoms with Crippen molar-refractivity contribution in [3.05, 3.63) is 29.3 Å². The molecular formula is C17H28Cl2N2O. The van der Waals surface area contributed by atoms with E-state index in [1.165, 1.54) is 43.5 Å². The molecule has 1 atom stereocenters. The van der Waals surface area contributed by atoms with Gasteiger partial charge in [-0.15, -0.1) is 24.8 Å². The molecule has 3 rings (SSSR count). The molecule has 1 aromatic carbocycles. The van der Waals surface area contributed by atoms with Gasteiger partial charge in [0.15, 0.2) is 0 Å². The van der Waals surface area contributed by atoms with Gasteiger partial charge in [0.2, 0.25) is 0 Å². The molecule has 0 spiro atoms. The quantitative estimate of drug-likeness (QED) is 0.881. The van der Waals surface area contributed by atoms with Crippen molar-refractivity contribution in [1.29, 1.82) is 0 Å². The van der Waals surface area contributed by atoms with Gasteiger partial charge in [-0.2, -0.15) is 0 Å². The van der Waals surface area contributed by atoms with E-state index in [0.29, 0.717) is 6.04 Å². The van der Waals surface area contributed by atoms with Crippen LogP contribution >= 0.6 is 24.8 Å². The van der Waals surface area contributed by atoms with E-state index < -0.39 is 0 Å². The lowest BCUT2D eigenvalue weighted by molar-refractivity contribution is 0.160. The number of methoxy groups -OCH3 is 1. The van der Waals surface area contributed by atoms with Crippen molar-refractivity contribution in [1.82, 2.24) is 10.2 Å². The van der Waals surface area contributed by atoms with Gasteiger partial charge in [0, 0.05) is 32.2 Å². The molecule has 3 nitrogen and oxygen atoms in total. The first-order valence-electron chi connectivity index (χ1n) is 7.87. The van der Waals surface area contributed by atoms with Crippen molar-refractivity contribution >= 4 is 24.8 Å². The van der Waals surface area contributed by atoms with E-state index in [-0.39, 0.29) is 24.8 Å². The highest BCUT2D eigenvalue weighted by Crippen LogP contribution is 2.41. The van der Waals surface area contributed by atoms with Crippen molar-refractivity contribution in [3.63, 3.8) is 0 Å². The lowest BCUT2D eigenvalue weighted by Gasteiger charge is -2.36. The zero-order valence-corrected chi connectivity index (χ0v) is 15.1. The van der Waals surface area contributed by atoms with Gasteiger partial charge in [-0.05, 0) is 42.5 Å². The van der Waals surface area contributed by atoms with E-state index in [1.54, 1.807) is 7.11 Å². The van der Waals surface area contributed by atoms with Crippen LogP contribution in [-0.2, 0) is 0 Å². The molecule has 1 N–H and O–H groups in total. The Morgan fingerprint density at radius 1 is 1.23 bits per heavy atom. The molecular weight excluding hydrogens is 319 g/mol. The normalized spacial score (nSPS) is 19.7. The van der Waals surface area contributed by atoms with E-state index in [2.05, 4.69) is 35.3 Å². The van der Waals surface area contributed by atoms with Crippen LogP contribution in [0.4, 0.5) is 0 Å². The highest BCUT2D eigenvalue weighted by Gasteiger charge is 2.31. The first kappa shape index (κ1) is 19.6. The molecule has 126 valence electrons. The Morgan fingerprint density at radius 3 is 2.45 bits per heavy atom. The summed E-state index contributed by atoms with van der Waals surface area (Å²) in [5.74, 6) is 1.92. The third kappa shape index (κ3) is 4.76. The molecule has 2 aliphatic rings. The van der Waals surface area contributed by atoms with Crippen LogP contribution in [0.15, 0.2) is 18.2 Å². The van der Waals surface area contributed by atoms with Crippen LogP contribution in [0, 0.1) is 12.8 Å². The zero-order chi connectivity index (χ0) is 13.9. The monoisotopic (exact) mass is 346 g/mol. The molecule has 5 heteroatoms. The topological polar surface area (TPSA) is 24.5 Å². The maximum atomic E-state index is 5.35. The van der Waals surface area contributed by atoms with Crippen LogP contribution in [-0.4, -0.2) is 38.2 Å². The van der Waals surface area contributed by atoms with Gasteiger partial charge < -0.3 is 10.1 Å². The van der Waals surface area contributed by atoms with E-state index in [9.17, 15) is 0 Å². The van der Waals surface area contributed by atoms with Gasteiger partial charge in [-0.25, -0.2) is 0 Å². The highest BCUT2D eigenvalue weighted by atomic mass is 35.5. The van der Waals surface area contributed by atoms with Gasteiger partial charge in [-0.1, -0.05) is 18.9 Å². The number of nitrogens with one attached hydrogen (secondary N) is 1. The number of piperazine rings is 1. The van der Waals surface area contributed by atoms with Gasteiger partial charge in [-0.3, -0.25) is 4.90 Å². The molecule has 0 bridgehead atoms. The number of benzene rings is 1. The lowest BCUT2D eigenvalue weighted by atomic mass is 9.94. The summed E-state index contributed by atoms with van der Waals surface area (Å²) in [5.41, 5.74) is 2.87. The fourth-order valence-electron chi connectivity index (χ4n) is 3.28. The molecule has 1 aliphatic carbocycles. The van der Waals surface area contributed by atoms with Crippen molar-refractivity contribution < 1.29 is 4.74 Å². The summed E-state index contributed by atoms with van der Waals surface area (Å²) in [4.78, 5) is 2.67. The average molecular weight is 347 g/mol. The molecule has 2 fully saturated rings. The molecule has 0 aromatic heterocycles. The minimum Gasteiger partial charge on any atom is -0.497 e. The van der Waals surface area contributed by atoms with Crippen LogP contribution in [0.1, 0.15) is 36.4 Å². The Bertz CT molecular complexity index is 460. The predicted molar refractivity (Wildman–Crippen MR) is 96.8 cm³/mol. The first-order valence-corrected chi connectivity index (χ1v) is 7.87. The van der Waals surface area contributed by atoms with Crippen LogP contribution in [0.5, 0.6) is 5.75 Å². The Labute approximate surface area is 146 Å². The molecule has 1 heterocycles. The van der Waals surface area contributed by atoms with E-state index in [4.69, 9.17) is 4.74 Å². The molecule has 1 saturated carbocycles. The largest absolute Gasteiger partial charge is 0.497 e. The second kappa shape index (κ2) is 8.97. The minimum atomic E-state index is 0. The SMILES string of the molecule is COc1ccc([C@@H](CC2CC2)N2CCNCC2)c(C)c1.Cl.Cl. The summed E-state index contributed by atoms with van der Waals surface area (Å²) in [6.45, 7) is 6.80. The summed E-state index contributed by atoms with van der Waals surface area (Å²) < 4.78 is 5.35. The number of aryl methyl sites for hydroxylation is 1. The molecule has 0 radical (unpaired) electrons. The van der Waals surface area contributed by atoms with E-state index >= 15 is 0 Å². The zero-order valence-electron chi connectivity index (χ0n) is 13.5. The summed E-state index contributed by atoms with van der Waals surface area (Å²) in [7, 11) is 1.74. The number of halogens is 2. The van der Waals surface area contributed by atoms with Gasteiger partial charge >= 0.3 is 0 Å². The van der Waals surface area contributed by atoms with Crippen LogP contribution in [0.3, 0.4) is 0 Å². The van der Waals surface area contributed by atoms with Crippen molar-refractivity contribution in [2.75, 3.05) is 33.3 Å². The highest BCUT2D eigenvalue weighted by molar-refractivity contribution is 5.85. The number of nitrogens with zero attached hydrogens (tertiary/aromatic N) is 1. The first-order chi connectivity index (χ1) is 9.78. The Kier molecular flexibility index (Phi) is 7.98. The predicted octanol–water partition coefficient (Wildman–Crippen LogP) is 3.59. The number of ether oxygens (including phenoxy) is 1. The van der Waals surface area contributed by atoms with Gasteiger partial charge in [0.1, 0.15) is 5.75 Å². The molecule has 1 saturated heterocycles. The average Bonchev–Trinajstić information content (AvgIpc) is 3.30. The van der Waals surface area contributed by atoms with E-state index in [1.807, 2.05) is 0 Å². The third-order valence-corrected chi connectivity index (χ3v) is 4.68. The number of hydrogen-bond acceptors (Lipinski definition) is 3. The molecule has 0 unspecified atom stereocenters. The Hall–Kier alpha value is -0.480. The smallest absolute Gasteiger partial charge is 0.119 e. The molecule has 0 amide bonds. The summed E-state index contributed by atoms with van der Waals surface area (Å²) in [5, 5.41) is 3.46. The summed E-state index contributed by atoms with van der Waals surface area (Å²) in [6.07, 6.45) is 4.18. The standard InChI is InChI=1S/C17H26N2O.2ClH/c1-13-11-15(20-2)5-6-16(13)17(12-14-3-4-14)19-9-7-18-8-10-19;;/h5-6,11,14,17-18H,3-4,7-10,12H2,1-2H3;2*1H/t17-;;/m1../s1. The van der Waals surface area contributed by atoms with Crippen molar-refractivity contribution in [3.8, 4) is 5.75 Å². The third-order valence-electron chi connectivity index (χ3n) is 4.68. The van der Waals surface area contributed by atoms with Crippen LogP contribution in [0.25, 0.3) is 0 Å². The number of rotatable bonds is 5. The van der Waals surface area contributed by atoms with Crippen LogP contribution in [0.2, 0.25) is 0 Å². The van der Waals surface area contributed by atoms with Crippen molar-refractivity contribution in [2.24, 2.45) is 5.92 Å². The second-order valence-electron chi connectivity index (χ2n) is 6.20. The molecule has 1 aliphatic heterocycles. The van der Waals surface area contributed by atoms with Gasteiger partial charge in [0.25, 0.3) is 0 Å².